The highest BCUT2D eigenvalue weighted by Gasteiger charge is 2.35. The molecule has 5 aromatic rings. The summed E-state index contributed by atoms with van der Waals surface area (Å²) in [5.74, 6) is 0.647. The van der Waals surface area contributed by atoms with E-state index in [4.69, 9.17) is 4.74 Å². The van der Waals surface area contributed by atoms with Crippen molar-refractivity contribution in [1.82, 2.24) is 45.2 Å². The zero-order valence-corrected chi connectivity index (χ0v) is 44.4. The summed E-state index contributed by atoms with van der Waals surface area (Å²) in [5, 5.41) is 25.7. The molecule has 2 amide bonds. The van der Waals surface area contributed by atoms with Crippen molar-refractivity contribution in [1.29, 1.82) is 0 Å². The van der Waals surface area contributed by atoms with Gasteiger partial charge in [-0.25, -0.2) is 4.39 Å². The van der Waals surface area contributed by atoms with Gasteiger partial charge in [-0.2, -0.15) is 23.1 Å². The summed E-state index contributed by atoms with van der Waals surface area (Å²) in [7, 11) is 3.53. The first-order valence-electron chi connectivity index (χ1n) is 26.1. The van der Waals surface area contributed by atoms with E-state index in [1.165, 1.54) is 80.2 Å². The van der Waals surface area contributed by atoms with E-state index in [1.54, 1.807) is 0 Å². The Balaban J connectivity index is 0.000000166. The van der Waals surface area contributed by atoms with Gasteiger partial charge in [0, 0.05) is 94.7 Å². The number of methoxy groups -OCH3 is 1. The van der Waals surface area contributed by atoms with Crippen LogP contribution in [0.2, 0.25) is 0 Å². The highest BCUT2D eigenvalue weighted by molar-refractivity contribution is 5.92. The highest BCUT2D eigenvalue weighted by Crippen LogP contribution is 2.39. The van der Waals surface area contributed by atoms with Crippen molar-refractivity contribution in [2.45, 2.75) is 104 Å². The molecule has 75 heavy (non-hydrogen) atoms. The van der Waals surface area contributed by atoms with Gasteiger partial charge >= 0.3 is 12.2 Å². The number of likely N-dealkylation sites (tertiary alicyclic amines) is 2. The molecular formula is C56H74F4N10O5. The first-order valence-corrected chi connectivity index (χ1v) is 26.1. The highest BCUT2D eigenvalue weighted by atomic mass is 19.4. The van der Waals surface area contributed by atoms with E-state index >= 15 is 4.39 Å². The second-order valence-electron chi connectivity index (χ2n) is 20.7. The lowest BCUT2D eigenvalue weighted by Crippen LogP contribution is -2.54. The van der Waals surface area contributed by atoms with Gasteiger partial charge in [0.05, 0.1) is 18.1 Å². The van der Waals surface area contributed by atoms with Crippen molar-refractivity contribution >= 4 is 29.0 Å². The number of carbonyl (C=O) groups is 2. The second-order valence-corrected chi connectivity index (χ2v) is 20.7. The summed E-state index contributed by atoms with van der Waals surface area (Å²) in [4.78, 5) is 46.8. The third-order valence-electron chi connectivity index (χ3n) is 14.4. The minimum absolute atomic E-state index is 0.0681. The molecule has 4 N–H and O–H groups in total. The normalized spacial score (nSPS) is 19.4. The SMILES string of the molecule is CN1CCCC1.COc1nc(N2CC(C)NC(C)C2)c2cnc(-c3ccccc3C(F)(F)F)c(F)c2n1.Cc1cc(C(C)C)c(O)cc1O.O=CN1Cc2ccc(CN3CCC(C(=O)N4CCNCC4)CC3)cc2C1. The molecule has 4 fully saturated rings. The number of benzene rings is 3. The number of nitrogens with zero attached hydrogens (tertiary/aromatic N) is 8. The van der Waals surface area contributed by atoms with Gasteiger partial charge in [0.25, 0.3) is 0 Å². The van der Waals surface area contributed by atoms with E-state index in [9.17, 15) is 33.0 Å². The molecule has 2 unspecified atom stereocenters. The number of ether oxygens (including phenoxy) is 1. The molecule has 0 radical (unpaired) electrons. The number of phenolic OH excluding ortho intramolecular Hbond substituents is 2. The van der Waals surface area contributed by atoms with Crippen LogP contribution in [0, 0.1) is 18.7 Å². The van der Waals surface area contributed by atoms with Gasteiger partial charge in [-0.1, -0.05) is 50.2 Å². The Morgan fingerprint density at radius 2 is 1.56 bits per heavy atom. The number of aryl methyl sites for hydroxylation is 1. The van der Waals surface area contributed by atoms with Crippen LogP contribution in [0.1, 0.15) is 92.7 Å². The van der Waals surface area contributed by atoms with Crippen molar-refractivity contribution in [3.05, 3.63) is 100.0 Å². The molecule has 0 aliphatic carbocycles. The van der Waals surface area contributed by atoms with Crippen LogP contribution in [-0.4, -0.2) is 149 Å². The van der Waals surface area contributed by atoms with Crippen LogP contribution in [0.15, 0.2) is 60.8 Å². The molecule has 15 nitrogen and oxygen atoms in total. The van der Waals surface area contributed by atoms with Gasteiger partial charge < -0.3 is 45.2 Å². The van der Waals surface area contributed by atoms with Gasteiger partial charge in [0.1, 0.15) is 28.5 Å². The molecule has 3 aromatic carbocycles. The van der Waals surface area contributed by atoms with Crippen molar-refractivity contribution in [3.63, 3.8) is 0 Å². The van der Waals surface area contributed by atoms with E-state index in [2.05, 4.69) is 60.6 Å². The lowest BCUT2D eigenvalue weighted by atomic mass is 9.94. The number of amides is 2. The average molecular weight is 1040 g/mol. The van der Waals surface area contributed by atoms with E-state index in [-0.39, 0.29) is 52.5 Å². The first kappa shape index (κ1) is 56.6. The van der Waals surface area contributed by atoms with Crippen LogP contribution >= 0.6 is 0 Å². The molecule has 0 bridgehead atoms. The third-order valence-corrected chi connectivity index (χ3v) is 14.4. The summed E-state index contributed by atoms with van der Waals surface area (Å²) < 4.78 is 61.1. The summed E-state index contributed by atoms with van der Waals surface area (Å²) in [6, 6.07) is 14.8. The fourth-order valence-corrected chi connectivity index (χ4v) is 10.4. The summed E-state index contributed by atoms with van der Waals surface area (Å²) in [6.07, 6.45) is 2.36. The maximum Gasteiger partial charge on any atom is 0.417 e. The number of rotatable bonds is 8. The number of piperidine rings is 1. The lowest BCUT2D eigenvalue weighted by Gasteiger charge is -2.37. The molecule has 4 saturated heterocycles. The molecule has 0 saturated carbocycles. The largest absolute Gasteiger partial charge is 0.508 e. The number of nitrogens with one attached hydrogen (secondary N) is 2. The minimum atomic E-state index is -4.65. The first-order chi connectivity index (χ1) is 35.8. The van der Waals surface area contributed by atoms with E-state index < -0.39 is 23.3 Å². The van der Waals surface area contributed by atoms with E-state index in [0.29, 0.717) is 30.2 Å². The number of pyridine rings is 1. The number of alkyl halides is 3. The number of hydrogen-bond donors (Lipinski definition) is 4. The second kappa shape index (κ2) is 25.6. The molecule has 7 heterocycles. The number of piperazine rings is 2. The fourth-order valence-electron chi connectivity index (χ4n) is 10.4. The van der Waals surface area contributed by atoms with Gasteiger partial charge in [0.15, 0.2) is 5.82 Å². The molecule has 406 valence electrons. The van der Waals surface area contributed by atoms with Crippen molar-refractivity contribution < 1.29 is 42.1 Å². The Morgan fingerprint density at radius 3 is 2.17 bits per heavy atom. The number of carbonyl (C=O) groups excluding carboxylic acids is 2. The number of anilines is 1. The van der Waals surface area contributed by atoms with Crippen LogP contribution in [0.4, 0.5) is 23.4 Å². The third kappa shape index (κ3) is 14.6. The molecule has 5 aliphatic heterocycles. The molecule has 2 aromatic heterocycles. The predicted molar refractivity (Wildman–Crippen MR) is 283 cm³/mol. The monoisotopic (exact) mass is 1040 g/mol. The van der Waals surface area contributed by atoms with E-state index in [0.717, 1.165) is 95.3 Å². The number of fused-ring (bicyclic) bond motifs is 2. The Morgan fingerprint density at radius 1 is 0.893 bits per heavy atom. The van der Waals surface area contributed by atoms with Gasteiger partial charge in [-0.3, -0.25) is 19.5 Å². The molecule has 19 heteroatoms. The number of halogens is 4. The Labute approximate surface area is 438 Å². The number of aromatic hydroxyl groups is 2. The number of aromatic nitrogens is 3. The van der Waals surface area contributed by atoms with Crippen molar-refractivity contribution in [2.24, 2.45) is 5.92 Å². The maximum absolute atomic E-state index is 15.5. The number of hydrogen-bond acceptors (Lipinski definition) is 13. The molecule has 5 aliphatic rings. The summed E-state index contributed by atoms with van der Waals surface area (Å²) in [5.41, 5.74) is 3.66. The van der Waals surface area contributed by atoms with Crippen LogP contribution in [-0.2, 0) is 35.4 Å². The van der Waals surface area contributed by atoms with E-state index in [1.807, 2.05) is 55.4 Å². The zero-order valence-electron chi connectivity index (χ0n) is 44.4. The van der Waals surface area contributed by atoms with Gasteiger partial charge in [-0.05, 0) is 126 Å². The standard InChI is InChI=1S/C21H21F4N5O.C20H28N4O2.C10H14O2.C5H11N/c1-11-9-30(10-12(2)27-11)19-14-8-26-17(16(22)18(14)28-20(29-19)31-3)13-6-4-5-7-15(13)21(23,24)25;25-15-23-13-18-2-1-16(11-19(18)14-23)12-22-7-3-17(4-8-22)20(26)24-9-5-21-6-10-24;1-6(2)8-4-7(3)9(11)5-10(8)12;1-6-4-2-3-5-6/h4-8,11-12,27H,9-10H2,1-3H3;1-2,11,15,17,21H,3-10,12-14H2;4-6,11-12H,1-3H3;2-5H2,1H3. The predicted octanol–water partition coefficient (Wildman–Crippen LogP) is 8.09. The topological polar surface area (TPSA) is 163 Å². The Kier molecular flexibility index (Phi) is 19.3. The van der Waals surface area contributed by atoms with Crippen LogP contribution in [0.5, 0.6) is 17.5 Å². The fraction of sp³-hybridized carbons (Fsp3) is 0.518. The number of phenols is 2. The summed E-state index contributed by atoms with van der Waals surface area (Å²) >= 11 is 0. The smallest absolute Gasteiger partial charge is 0.417 e. The molecule has 0 spiro atoms. The van der Waals surface area contributed by atoms with Crippen molar-refractivity contribution in [3.8, 4) is 28.8 Å². The van der Waals surface area contributed by atoms with Crippen LogP contribution < -0.4 is 20.3 Å². The van der Waals surface area contributed by atoms with Crippen LogP contribution in [0.25, 0.3) is 22.2 Å². The Bertz CT molecular complexity index is 2720. The molecular weight excluding hydrogens is 969 g/mol. The average Bonchev–Trinajstić information content (AvgIpc) is 4.06. The van der Waals surface area contributed by atoms with Gasteiger partial charge in [-0.15, -0.1) is 0 Å². The summed E-state index contributed by atoms with van der Waals surface area (Å²) in [6.45, 7) is 21.7. The van der Waals surface area contributed by atoms with Crippen LogP contribution in [0.3, 0.4) is 0 Å². The minimum Gasteiger partial charge on any atom is -0.508 e. The maximum atomic E-state index is 15.5. The molecule has 2 atom stereocenters. The lowest BCUT2D eigenvalue weighted by molar-refractivity contribution is -0.138. The molecule has 10 rings (SSSR count). The van der Waals surface area contributed by atoms with Crippen molar-refractivity contribution in [2.75, 3.05) is 84.5 Å². The van der Waals surface area contributed by atoms with Gasteiger partial charge in [0.2, 0.25) is 12.3 Å². The quantitative estimate of drug-likeness (QED) is 0.0873. The Hall–Kier alpha value is -6.15. The zero-order chi connectivity index (χ0) is 54.0.